The summed E-state index contributed by atoms with van der Waals surface area (Å²) in [6, 6.07) is 14.3. The number of nitrogens with zero attached hydrogens (tertiary/aromatic N) is 2. The maximum atomic E-state index is 12.6. The van der Waals surface area contributed by atoms with E-state index in [2.05, 4.69) is 20.6 Å². The van der Waals surface area contributed by atoms with E-state index < -0.39 is 0 Å². The van der Waals surface area contributed by atoms with Gasteiger partial charge in [0.1, 0.15) is 23.1 Å². The second-order valence-corrected chi connectivity index (χ2v) is 6.62. The molecule has 2 N–H and O–H groups in total. The molecule has 0 fully saturated rings. The molecule has 0 unspecified atom stereocenters. The summed E-state index contributed by atoms with van der Waals surface area (Å²) >= 11 is 6.00. The molecular formula is C21H21ClN4O2. The van der Waals surface area contributed by atoms with Gasteiger partial charge in [0, 0.05) is 22.5 Å². The summed E-state index contributed by atoms with van der Waals surface area (Å²) in [6.45, 7) is 6.20. The van der Waals surface area contributed by atoms with E-state index in [1.165, 1.54) is 0 Å². The van der Waals surface area contributed by atoms with E-state index in [0.717, 1.165) is 17.0 Å². The summed E-state index contributed by atoms with van der Waals surface area (Å²) in [4.78, 5) is 21.2. The lowest BCUT2D eigenvalue weighted by molar-refractivity contribution is 0.102. The summed E-state index contributed by atoms with van der Waals surface area (Å²) in [5.41, 5.74) is 2.77. The molecule has 7 heteroatoms. The Morgan fingerprint density at radius 3 is 2.50 bits per heavy atom. The van der Waals surface area contributed by atoms with Gasteiger partial charge in [-0.25, -0.2) is 9.97 Å². The molecule has 0 spiro atoms. The van der Waals surface area contributed by atoms with Gasteiger partial charge >= 0.3 is 0 Å². The number of benzene rings is 2. The van der Waals surface area contributed by atoms with Gasteiger partial charge in [-0.05, 0) is 68.8 Å². The van der Waals surface area contributed by atoms with E-state index in [1.54, 1.807) is 43.3 Å². The smallest absolute Gasteiger partial charge is 0.274 e. The van der Waals surface area contributed by atoms with Gasteiger partial charge in [-0.1, -0.05) is 11.6 Å². The molecule has 0 aliphatic rings. The number of amides is 1. The molecule has 1 amide bonds. The summed E-state index contributed by atoms with van der Waals surface area (Å²) in [7, 11) is 0. The van der Waals surface area contributed by atoms with Gasteiger partial charge in [0.15, 0.2) is 0 Å². The van der Waals surface area contributed by atoms with E-state index >= 15 is 0 Å². The fourth-order valence-corrected chi connectivity index (χ4v) is 2.88. The van der Waals surface area contributed by atoms with Gasteiger partial charge in [0.25, 0.3) is 5.91 Å². The normalized spacial score (nSPS) is 10.4. The lowest BCUT2D eigenvalue weighted by atomic mass is 10.2. The predicted molar refractivity (Wildman–Crippen MR) is 112 cm³/mol. The molecule has 144 valence electrons. The van der Waals surface area contributed by atoms with Gasteiger partial charge in [0.05, 0.1) is 6.61 Å². The van der Waals surface area contributed by atoms with Gasteiger partial charge in [0.2, 0.25) is 0 Å². The topological polar surface area (TPSA) is 76.1 Å². The first-order chi connectivity index (χ1) is 13.4. The largest absolute Gasteiger partial charge is 0.494 e. The van der Waals surface area contributed by atoms with Gasteiger partial charge in [-0.3, -0.25) is 4.79 Å². The van der Waals surface area contributed by atoms with Crippen LogP contribution in [-0.4, -0.2) is 22.5 Å². The van der Waals surface area contributed by atoms with Crippen LogP contribution < -0.4 is 15.4 Å². The molecule has 3 aromatic rings. The number of anilines is 3. The highest BCUT2D eigenvalue weighted by Crippen LogP contribution is 2.23. The quantitative estimate of drug-likeness (QED) is 0.603. The lowest BCUT2D eigenvalue weighted by Gasteiger charge is -2.11. The zero-order valence-corrected chi connectivity index (χ0v) is 16.7. The summed E-state index contributed by atoms with van der Waals surface area (Å²) in [6.07, 6.45) is 0. The average Bonchev–Trinajstić information content (AvgIpc) is 2.65. The minimum Gasteiger partial charge on any atom is -0.494 e. The highest BCUT2D eigenvalue weighted by Gasteiger charge is 2.12. The van der Waals surface area contributed by atoms with Crippen LogP contribution in [0.2, 0.25) is 5.02 Å². The fraction of sp³-hybridized carbons (Fsp3) is 0.190. The molecular weight excluding hydrogens is 376 g/mol. The molecule has 0 saturated heterocycles. The average molecular weight is 397 g/mol. The zero-order chi connectivity index (χ0) is 20.1. The first-order valence-electron chi connectivity index (χ1n) is 8.87. The Balaban J connectivity index is 1.77. The molecule has 0 bridgehead atoms. The number of rotatable bonds is 6. The molecule has 0 atom stereocenters. The van der Waals surface area contributed by atoms with Crippen molar-refractivity contribution in [3.63, 3.8) is 0 Å². The van der Waals surface area contributed by atoms with E-state index in [4.69, 9.17) is 16.3 Å². The molecule has 2 aromatic carbocycles. The van der Waals surface area contributed by atoms with Crippen LogP contribution in [0, 0.1) is 13.8 Å². The zero-order valence-electron chi connectivity index (χ0n) is 15.9. The van der Waals surface area contributed by atoms with E-state index in [1.807, 2.05) is 26.0 Å². The number of aromatic nitrogens is 2. The van der Waals surface area contributed by atoms with Crippen LogP contribution in [-0.2, 0) is 0 Å². The van der Waals surface area contributed by atoms with E-state index in [0.29, 0.717) is 29.0 Å². The number of halogens is 1. The van der Waals surface area contributed by atoms with Crippen molar-refractivity contribution in [1.82, 2.24) is 9.97 Å². The number of hydrogen-bond acceptors (Lipinski definition) is 5. The van der Waals surface area contributed by atoms with Crippen molar-refractivity contribution in [2.45, 2.75) is 20.8 Å². The molecule has 0 aliphatic heterocycles. The number of carbonyl (C=O) groups excluding carboxylic acids is 1. The fourth-order valence-electron chi connectivity index (χ4n) is 2.65. The van der Waals surface area contributed by atoms with Gasteiger partial charge < -0.3 is 15.4 Å². The second-order valence-electron chi connectivity index (χ2n) is 6.18. The third-order valence-electron chi connectivity index (χ3n) is 3.94. The lowest BCUT2D eigenvalue weighted by Crippen LogP contribution is -2.15. The van der Waals surface area contributed by atoms with Crippen LogP contribution in [0.15, 0.2) is 48.5 Å². The standard InChI is InChI=1S/C21H21ClN4O2/c1-4-28-17-8-6-16(7-9-17)25-21(27)19-12-20(24-14(3)23-19)26-18-10-5-15(22)11-13(18)2/h5-12H,4H2,1-3H3,(H,25,27)(H,23,24,26). The maximum absolute atomic E-state index is 12.6. The van der Waals surface area contributed by atoms with Crippen molar-refractivity contribution in [3.8, 4) is 5.75 Å². The number of aryl methyl sites for hydroxylation is 2. The SMILES string of the molecule is CCOc1ccc(NC(=O)c2cc(Nc3ccc(Cl)cc3C)nc(C)n2)cc1. The Kier molecular flexibility index (Phi) is 6.11. The summed E-state index contributed by atoms with van der Waals surface area (Å²) in [5.74, 6) is 1.47. The molecule has 3 rings (SSSR count). The first-order valence-corrected chi connectivity index (χ1v) is 9.25. The Hall–Kier alpha value is -3.12. The number of nitrogens with one attached hydrogen (secondary N) is 2. The monoisotopic (exact) mass is 396 g/mol. The summed E-state index contributed by atoms with van der Waals surface area (Å²) in [5, 5.41) is 6.71. The highest BCUT2D eigenvalue weighted by atomic mass is 35.5. The minimum atomic E-state index is -0.314. The Bertz CT molecular complexity index is 990. The van der Waals surface area contributed by atoms with Crippen molar-refractivity contribution < 1.29 is 9.53 Å². The van der Waals surface area contributed by atoms with Crippen molar-refractivity contribution in [2.24, 2.45) is 0 Å². The third-order valence-corrected chi connectivity index (χ3v) is 4.18. The molecule has 1 heterocycles. The maximum Gasteiger partial charge on any atom is 0.274 e. The van der Waals surface area contributed by atoms with Crippen LogP contribution in [0.25, 0.3) is 0 Å². The van der Waals surface area contributed by atoms with E-state index in [-0.39, 0.29) is 11.6 Å². The molecule has 6 nitrogen and oxygen atoms in total. The highest BCUT2D eigenvalue weighted by molar-refractivity contribution is 6.30. The first kappa shape index (κ1) is 19.6. The Morgan fingerprint density at radius 2 is 1.82 bits per heavy atom. The molecule has 0 aliphatic carbocycles. The second kappa shape index (κ2) is 8.71. The van der Waals surface area contributed by atoms with Crippen molar-refractivity contribution >= 4 is 34.7 Å². The van der Waals surface area contributed by atoms with Crippen LogP contribution >= 0.6 is 11.6 Å². The molecule has 28 heavy (non-hydrogen) atoms. The van der Waals surface area contributed by atoms with Crippen LogP contribution in [0.5, 0.6) is 5.75 Å². The Labute approximate surface area is 168 Å². The summed E-state index contributed by atoms with van der Waals surface area (Å²) < 4.78 is 5.41. The number of hydrogen-bond donors (Lipinski definition) is 2. The molecule has 1 aromatic heterocycles. The molecule has 0 saturated carbocycles. The Morgan fingerprint density at radius 1 is 1.07 bits per heavy atom. The van der Waals surface area contributed by atoms with Crippen molar-refractivity contribution in [2.75, 3.05) is 17.2 Å². The van der Waals surface area contributed by atoms with Gasteiger partial charge in [-0.2, -0.15) is 0 Å². The number of ether oxygens (including phenoxy) is 1. The third kappa shape index (κ3) is 4.98. The molecule has 0 radical (unpaired) electrons. The predicted octanol–water partition coefficient (Wildman–Crippen LogP) is 5.14. The van der Waals surface area contributed by atoms with Crippen molar-refractivity contribution in [1.29, 1.82) is 0 Å². The van der Waals surface area contributed by atoms with Crippen LogP contribution in [0.1, 0.15) is 28.8 Å². The minimum absolute atomic E-state index is 0.274. The van der Waals surface area contributed by atoms with Crippen LogP contribution in [0.4, 0.5) is 17.2 Å². The number of carbonyl (C=O) groups is 1. The van der Waals surface area contributed by atoms with Crippen LogP contribution in [0.3, 0.4) is 0 Å². The van der Waals surface area contributed by atoms with Crippen molar-refractivity contribution in [3.05, 3.63) is 70.6 Å². The van der Waals surface area contributed by atoms with E-state index in [9.17, 15) is 4.79 Å². The van der Waals surface area contributed by atoms with Gasteiger partial charge in [-0.15, -0.1) is 0 Å².